The third kappa shape index (κ3) is 4.77. The maximum Gasteiger partial charge on any atom is 0.224 e. The summed E-state index contributed by atoms with van der Waals surface area (Å²) in [7, 11) is -3.09. The molecule has 1 N–H and O–H groups in total. The number of carbonyl (C=O) groups excluding carboxylic acids is 1. The molecule has 0 bridgehead atoms. The zero-order valence-electron chi connectivity index (χ0n) is 14.0. The number of rotatable bonds is 5. The minimum Gasteiger partial charge on any atom is -0.379 e. The molecule has 2 saturated heterocycles. The van der Waals surface area contributed by atoms with Crippen LogP contribution in [0.25, 0.3) is 0 Å². The second kappa shape index (κ2) is 7.80. The summed E-state index contributed by atoms with van der Waals surface area (Å²) in [4.78, 5) is 14.5. The van der Waals surface area contributed by atoms with Crippen molar-refractivity contribution in [1.29, 1.82) is 0 Å². The number of hydrogen-bond donors (Lipinski definition) is 1. The summed E-state index contributed by atoms with van der Waals surface area (Å²) < 4.78 is 41.7. The summed E-state index contributed by atoms with van der Waals surface area (Å²) in [6, 6.07) is 6.18. The fraction of sp³-hybridized carbons (Fsp3) is 0.588. The number of halogens is 1. The van der Waals surface area contributed by atoms with E-state index in [2.05, 4.69) is 10.2 Å². The molecule has 1 amide bonds. The van der Waals surface area contributed by atoms with Gasteiger partial charge in [-0.1, -0.05) is 12.1 Å². The molecule has 6 nitrogen and oxygen atoms in total. The third-order valence-corrected chi connectivity index (χ3v) is 6.58. The molecular weight excluding hydrogens is 347 g/mol. The predicted octanol–water partition coefficient (Wildman–Crippen LogP) is 0.750. The van der Waals surface area contributed by atoms with Crippen LogP contribution in [0.1, 0.15) is 18.0 Å². The van der Waals surface area contributed by atoms with E-state index in [0.717, 1.165) is 18.7 Å². The molecule has 0 saturated carbocycles. The summed E-state index contributed by atoms with van der Waals surface area (Å²) >= 11 is 0. The molecule has 0 radical (unpaired) electrons. The fourth-order valence-corrected chi connectivity index (χ4v) is 5.12. The Kier molecular flexibility index (Phi) is 5.71. The Balaban J connectivity index is 1.67. The summed E-state index contributed by atoms with van der Waals surface area (Å²) in [6.45, 7) is 3.06. The molecule has 2 aliphatic rings. The molecule has 2 fully saturated rings. The van der Waals surface area contributed by atoms with Crippen LogP contribution in [0.3, 0.4) is 0 Å². The fourth-order valence-electron chi connectivity index (χ4n) is 3.38. The van der Waals surface area contributed by atoms with Gasteiger partial charge in [-0.25, -0.2) is 12.8 Å². The highest BCUT2D eigenvalue weighted by Gasteiger charge is 2.33. The van der Waals surface area contributed by atoms with Gasteiger partial charge in [0.15, 0.2) is 9.84 Å². The number of benzene rings is 1. The van der Waals surface area contributed by atoms with Crippen LogP contribution in [0.4, 0.5) is 4.39 Å². The number of sulfone groups is 1. The van der Waals surface area contributed by atoms with Crippen molar-refractivity contribution in [3.05, 3.63) is 35.6 Å². The molecule has 2 heterocycles. The summed E-state index contributed by atoms with van der Waals surface area (Å²) in [5.41, 5.74) is 0.919. The van der Waals surface area contributed by atoms with Crippen LogP contribution >= 0.6 is 0 Å². The van der Waals surface area contributed by atoms with Crippen LogP contribution < -0.4 is 5.32 Å². The Morgan fingerprint density at radius 1 is 1.28 bits per heavy atom. The van der Waals surface area contributed by atoms with Crippen LogP contribution in [-0.2, 0) is 19.4 Å². The van der Waals surface area contributed by atoms with E-state index in [4.69, 9.17) is 4.74 Å². The highest BCUT2D eigenvalue weighted by atomic mass is 32.2. The lowest BCUT2D eigenvalue weighted by Crippen LogP contribution is -2.44. The maximum atomic E-state index is 13.2. The summed E-state index contributed by atoms with van der Waals surface area (Å²) in [5, 5.41) is 2.89. The number of amides is 1. The van der Waals surface area contributed by atoms with E-state index in [0.29, 0.717) is 26.2 Å². The van der Waals surface area contributed by atoms with E-state index in [1.165, 1.54) is 12.1 Å². The van der Waals surface area contributed by atoms with E-state index in [9.17, 15) is 17.6 Å². The molecule has 138 valence electrons. The van der Waals surface area contributed by atoms with Crippen molar-refractivity contribution < 1.29 is 22.3 Å². The number of hydrogen-bond acceptors (Lipinski definition) is 5. The van der Waals surface area contributed by atoms with Crippen LogP contribution in [0.2, 0.25) is 0 Å². The molecular formula is C17H23FN2O4S. The second-order valence-electron chi connectivity index (χ2n) is 6.56. The summed E-state index contributed by atoms with van der Waals surface area (Å²) in [6.07, 6.45) is 0.382. The number of nitrogens with one attached hydrogen (secondary N) is 1. The lowest BCUT2D eigenvalue weighted by Gasteiger charge is -2.35. The van der Waals surface area contributed by atoms with Gasteiger partial charge >= 0.3 is 0 Å². The molecule has 0 aromatic heterocycles. The quantitative estimate of drug-likeness (QED) is 0.828. The molecule has 0 aliphatic carbocycles. The number of morpholine rings is 1. The van der Waals surface area contributed by atoms with Crippen LogP contribution in [0, 0.1) is 11.7 Å². The Morgan fingerprint density at radius 3 is 2.56 bits per heavy atom. The molecule has 1 aromatic carbocycles. The Labute approximate surface area is 147 Å². The monoisotopic (exact) mass is 370 g/mol. The first-order valence-electron chi connectivity index (χ1n) is 8.50. The van der Waals surface area contributed by atoms with Gasteiger partial charge in [0, 0.05) is 19.6 Å². The van der Waals surface area contributed by atoms with Gasteiger partial charge in [0.2, 0.25) is 5.91 Å². The molecule has 2 atom stereocenters. The number of nitrogens with zero attached hydrogens (tertiary/aromatic N) is 1. The maximum absolute atomic E-state index is 13.2. The van der Waals surface area contributed by atoms with Crippen LogP contribution in [-0.4, -0.2) is 63.6 Å². The van der Waals surface area contributed by atoms with Crippen LogP contribution in [0.5, 0.6) is 0 Å². The lowest BCUT2D eigenvalue weighted by molar-refractivity contribution is -0.124. The number of ether oxygens (including phenoxy) is 1. The van der Waals surface area contributed by atoms with Gasteiger partial charge in [-0.15, -0.1) is 0 Å². The van der Waals surface area contributed by atoms with E-state index >= 15 is 0 Å². The van der Waals surface area contributed by atoms with E-state index in [-0.39, 0.29) is 29.3 Å². The van der Waals surface area contributed by atoms with Crippen molar-refractivity contribution in [2.24, 2.45) is 5.92 Å². The minimum atomic E-state index is -3.09. The van der Waals surface area contributed by atoms with Gasteiger partial charge < -0.3 is 10.1 Å². The highest BCUT2D eigenvalue weighted by molar-refractivity contribution is 7.91. The van der Waals surface area contributed by atoms with Crippen LogP contribution in [0.15, 0.2) is 24.3 Å². The molecule has 3 rings (SSSR count). The second-order valence-corrected chi connectivity index (χ2v) is 8.79. The normalized spacial score (nSPS) is 24.8. The Hall–Kier alpha value is -1.51. The SMILES string of the molecule is O=C(NC[C@@H](c1ccc(F)cc1)N1CCOCC1)[C@H]1CCS(=O)(=O)C1. The smallest absolute Gasteiger partial charge is 0.224 e. The molecule has 25 heavy (non-hydrogen) atoms. The molecule has 8 heteroatoms. The largest absolute Gasteiger partial charge is 0.379 e. The predicted molar refractivity (Wildman–Crippen MR) is 91.3 cm³/mol. The van der Waals surface area contributed by atoms with Crippen molar-refractivity contribution in [2.75, 3.05) is 44.4 Å². The van der Waals surface area contributed by atoms with Gasteiger partial charge in [-0.05, 0) is 24.1 Å². The van der Waals surface area contributed by atoms with E-state index in [1.54, 1.807) is 12.1 Å². The molecule has 0 spiro atoms. The standard InChI is InChI=1S/C17H23FN2O4S/c18-15-3-1-13(2-4-15)16(20-6-8-24-9-7-20)11-19-17(21)14-5-10-25(22,23)12-14/h1-4,14,16H,5-12H2,(H,19,21)/t14-,16-/m0/s1. The zero-order chi connectivity index (χ0) is 17.9. The first kappa shape index (κ1) is 18.3. The van der Waals surface area contributed by atoms with Gasteiger partial charge in [-0.2, -0.15) is 0 Å². The summed E-state index contributed by atoms with van der Waals surface area (Å²) in [5.74, 6) is -0.984. The average molecular weight is 370 g/mol. The molecule has 2 aliphatic heterocycles. The van der Waals surface area contributed by atoms with Crippen molar-refractivity contribution in [3.8, 4) is 0 Å². The Bertz CT molecular complexity index is 702. The highest BCUT2D eigenvalue weighted by Crippen LogP contribution is 2.23. The first-order valence-corrected chi connectivity index (χ1v) is 10.3. The van der Waals surface area contributed by atoms with E-state index < -0.39 is 15.8 Å². The van der Waals surface area contributed by atoms with Gasteiger partial charge in [0.1, 0.15) is 5.82 Å². The average Bonchev–Trinajstić information content (AvgIpc) is 2.97. The van der Waals surface area contributed by atoms with Crippen molar-refractivity contribution in [2.45, 2.75) is 12.5 Å². The van der Waals surface area contributed by atoms with Crippen molar-refractivity contribution >= 4 is 15.7 Å². The van der Waals surface area contributed by atoms with Crippen molar-refractivity contribution in [3.63, 3.8) is 0 Å². The molecule has 0 unspecified atom stereocenters. The minimum absolute atomic E-state index is 0.0718. The topological polar surface area (TPSA) is 75.7 Å². The van der Waals surface area contributed by atoms with Gasteiger partial charge in [-0.3, -0.25) is 9.69 Å². The van der Waals surface area contributed by atoms with E-state index in [1.807, 2.05) is 0 Å². The van der Waals surface area contributed by atoms with Gasteiger partial charge in [0.25, 0.3) is 0 Å². The molecule has 1 aromatic rings. The Morgan fingerprint density at radius 2 is 1.96 bits per heavy atom. The lowest BCUT2D eigenvalue weighted by atomic mass is 10.0. The third-order valence-electron chi connectivity index (χ3n) is 4.81. The van der Waals surface area contributed by atoms with Crippen molar-refractivity contribution in [1.82, 2.24) is 10.2 Å². The first-order chi connectivity index (χ1) is 11.9. The van der Waals surface area contributed by atoms with Gasteiger partial charge in [0.05, 0.1) is 36.7 Å². The number of carbonyl (C=O) groups is 1. The zero-order valence-corrected chi connectivity index (χ0v) is 14.8.